The summed E-state index contributed by atoms with van der Waals surface area (Å²) in [6.45, 7) is 3.33. The van der Waals surface area contributed by atoms with Gasteiger partial charge < -0.3 is 15.4 Å². The first-order chi connectivity index (χ1) is 11.3. The van der Waals surface area contributed by atoms with Gasteiger partial charge in [-0.25, -0.2) is 4.98 Å². The van der Waals surface area contributed by atoms with E-state index in [1.807, 2.05) is 30.3 Å². The second-order valence-corrected chi connectivity index (χ2v) is 5.73. The Morgan fingerprint density at radius 2 is 1.70 bits per heavy atom. The van der Waals surface area contributed by atoms with E-state index in [2.05, 4.69) is 29.2 Å². The number of anilines is 2. The summed E-state index contributed by atoms with van der Waals surface area (Å²) in [6.07, 6.45) is 0. The second kappa shape index (κ2) is 5.89. The van der Waals surface area contributed by atoms with Crippen molar-refractivity contribution in [2.24, 2.45) is 0 Å². The molecule has 0 amide bonds. The first-order valence-electron chi connectivity index (χ1n) is 7.90. The van der Waals surface area contributed by atoms with Crippen LogP contribution in [0.25, 0.3) is 22.2 Å². The van der Waals surface area contributed by atoms with Gasteiger partial charge in [-0.05, 0) is 18.2 Å². The lowest BCUT2D eigenvalue weighted by Crippen LogP contribution is -2.36. The number of nitrogen functional groups attached to an aromatic ring is 1. The molecule has 2 aromatic carbocycles. The van der Waals surface area contributed by atoms with Crippen LogP contribution in [0.15, 0.2) is 54.6 Å². The average Bonchev–Trinajstić information content (AvgIpc) is 2.62. The molecule has 0 saturated carbocycles. The number of para-hydroxylation sites is 2. The van der Waals surface area contributed by atoms with Gasteiger partial charge in [0.05, 0.1) is 24.4 Å². The molecule has 0 radical (unpaired) electrons. The van der Waals surface area contributed by atoms with Gasteiger partial charge in [0.15, 0.2) is 0 Å². The molecule has 4 heteroatoms. The maximum Gasteiger partial charge on any atom is 0.0751 e. The van der Waals surface area contributed by atoms with Crippen molar-refractivity contribution in [2.75, 3.05) is 36.9 Å². The van der Waals surface area contributed by atoms with Crippen molar-refractivity contribution >= 4 is 22.3 Å². The number of pyridine rings is 1. The lowest BCUT2D eigenvalue weighted by atomic mass is 10.1. The standard InChI is InChI=1S/C19H19N3O/c20-16-7-3-1-5-14(16)18-13-19(22-9-11-23-12-10-22)15-6-2-4-8-17(15)21-18/h1-8,13H,9-12,20H2. The minimum atomic E-state index is 0.753. The van der Waals surface area contributed by atoms with Crippen LogP contribution in [0.3, 0.4) is 0 Å². The molecule has 4 rings (SSSR count). The van der Waals surface area contributed by atoms with Crippen LogP contribution in [0.5, 0.6) is 0 Å². The van der Waals surface area contributed by atoms with Crippen molar-refractivity contribution in [1.82, 2.24) is 4.98 Å². The average molecular weight is 305 g/mol. The molecule has 2 heterocycles. The Hall–Kier alpha value is -2.59. The molecule has 0 bridgehead atoms. The summed E-state index contributed by atoms with van der Waals surface area (Å²) in [5.41, 5.74) is 11.0. The highest BCUT2D eigenvalue weighted by Gasteiger charge is 2.16. The largest absolute Gasteiger partial charge is 0.398 e. The zero-order valence-corrected chi connectivity index (χ0v) is 12.9. The smallest absolute Gasteiger partial charge is 0.0751 e. The minimum absolute atomic E-state index is 0.753. The molecule has 0 aliphatic carbocycles. The van der Waals surface area contributed by atoms with Gasteiger partial charge in [0.2, 0.25) is 0 Å². The molecule has 3 aromatic rings. The van der Waals surface area contributed by atoms with Crippen LogP contribution in [0.1, 0.15) is 0 Å². The Bertz CT molecular complexity index is 841. The molecule has 0 unspecified atom stereocenters. The molecule has 4 nitrogen and oxygen atoms in total. The van der Waals surface area contributed by atoms with Gasteiger partial charge >= 0.3 is 0 Å². The van der Waals surface area contributed by atoms with E-state index < -0.39 is 0 Å². The molecule has 116 valence electrons. The molecule has 1 aromatic heterocycles. The topological polar surface area (TPSA) is 51.4 Å². The summed E-state index contributed by atoms with van der Waals surface area (Å²) in [4.78, 5) is 7.20. The van der Waals surface area contributed by atoms with Crippen molar-refractivity contribution < 1.29 is 4.74 Å². The number of aromatic nitrogens is 1. The van der Waals surface area contributed by atoms with Crippen LogP contribution in [-0.4, -0.2) is 31.3 Å². The number of benzene rings is 2. The highest BCUT2D eigenvalue weighted by molar-refractivity contribution is 5.95. The highest BCUT2D eigenvalue weighted by Crippen LogP contribution is 2.33. The van der Waals surface area contributed by atoms with E-state index in [0.717, 1.165) is 48.8 Å². The summed E-state index contributed by atoms with van der Waals surface area (Å²) >= 11 is 0. The van der Waals surface area contributed by atoms with Gasteiger partial charge in [-0.2, -0.15) is 0 Å². The quantitative estimate of drug-likeness (QED) is 0.738. The van der Waals surface area contributed by atoms with Crippen molar-refractivity contribution in [3.8, 4) is 11.3 Å². The monoisotopic (exact) mass is 305 g/mol. The third-order valence-electron chi connectivity index (χ3n) is 4.28. The van der Waals surface area contributed by atoms with Gasteiger partial charge in [-0.15, -0.1) is 0 Å². The Kier molecular flexibility index (Phi) is 3.60. The SMILES string of the molecule is Nc1ccccc1-c1cc(N2CCOCC2)c2ccccc2n1. The molecule has 1 aliphatic heterocycles. The maximum atomic E-state index is 6.15. The first kappa shape index (κ1) is 14.0. The predicted octanol–water partition coefficient (Wildman–Crippen LogP) is 3.32. The highest BCUT2D eigenvalue weighted by atomic mass is 16.5. The molecule has 1 saturated heterocycles. The Labute approximate surface area is 135 Å². The molecular weight excluding hydrogens is 286 g/mol. The predicted molar refractivity (Wildman–Crippen MR) is 94.6 cm³/mol. The number of ether oxygens (including phenoxy) is 1. The van der Waals surface area contributed by atoms with Gasteiger partial charge in [0.1, 0.15) is 0 Å². The third-order valence-corrected chi connectivity index (χ3v) is 4.28. The number of fused-ring (bicyclic) bond motifs is 1. The fraction of sp³-hybridized carbons (Fsp3) is 0.211. The lowest BCUT2D eigenvalue weighted by molar-refractivity contribution is 0.123. The zero-order chi connectivity index (χ0) is 15.6. The van der Waals surface area contributed by atoms with E-state index in [1.54, 1.807) is 0 Å². The van der Waals surface area contributed by atoms with Crippen LogP contribution in [0, 0.1) is 0 Å². The van der Waals surface area contributed by atoms with Crippen molar-refractivity contribution in [3.63, 3.8) is 0 Å². The van der Waals surface area contributed by atoms with Crippen LogP contribution in [-0.2, 0) is 4.74 Å². The Morgan fingerprint density at radius 1 is 0.957 bits per heavy atom. The minimum Gasteiger partial charge on any atom is -0.398 e. The van der Waals surface area contributed by atoms with Crippen LogP contribution in [0.2, 0.25) is 0 Å². The van der Waals surface area contributed by atoms with E-state index in [0.29, 0.717) is 0 Å². The Morgan fingerprint density at radius 3 is 2.52 bits per heavy atom. The number of nitrogens with zero attached hydrogens (tertiary/aromatic N) is 2. The summed E-state index contributed by atoms with van der Waals surface area (Å²) in [5.74, 6) is 0. The normalized spacial score (nSPS) is 15.0. The zero-order valence-electron chi connectivity index (χ0n) is 12.9. The van der Waals surface area contributed by atoms with Crippen molar-refractivity contribution in [3.05, 3.63) is 54.6 Å². The first-order valence-corrected chi connectivity index (χ1v) is 7.90. The van der Waals surface area contributed by atoms with Crippen molar-refractivity contribution in [1.29, 1.82) is 0 Å². The molecule has 2 N–H and O–H groups in total. The van der Waals surface area contributed by atoms with Gasteiger partial charge in [0.25, 0.3) is 0 Å². The third kappa shape index (κ3) is 2.62. The Balaban J connectivity index is 1.91. The summed E-state index contributed by atoms with van der Waals surface area (Å²) in [6, 6.07) is 18.3. The second-order valence-electron chi connectivity index (χ2n) is 5.73. The van der Waals surface area contributed by atoms with E-state index in [9.17, 15) is 0 Å². The molecule has 1 aliphatic rings. The summed E-state index contributed by atoms with van der Waals surface area (Å²) in [7, 11) is 0. The number of hydrogen-bond donors (Lipinski definition) is 1. The number of hydrogen-bond acceptors (Lipinski definition) is 4. The summed E-state index contributed by atoms with van der Waals surface area (Å²) < 4.78 is 5.49. The lowest BCUT2D eigenvalue weighted by Gasteiger charge is -2.30. The van der Waals surface area contributed by atoms with Crippen LogP contribution < -0.4 is 10.6 Å². The number of rotatable bonds is 2. The van der Waals surface area contributed by atoms with Crippen LogP contribution >= 0.6 is 0 Å². The number of morpholine rings is 1. The fourth-order valence-electron chi connectivity index (χ4n) is 3.09. The maximum absolute atomic E-state index is 6.15. The molecule has 0 spiro atoms. The molecular formula is C19H19N3O. The molecule has 1 fully saturated rings. The van der Waals surface area contributed by atoms with E-state index in [1.165, 1.54) is 11.1 Å². The molecule has 0 atom stereocenters. The van der Waals surface area contributed by atoms with Crippen molar-refractivity contribution in [2.45, 2.75) is 0 Å². The molecule has 23 heavy (non-hydrogen) atoms. The van der Waals surface area contributed by atoms with Gasteiger partial charge in [-0.3, -0.25) is 0 Å². The fourth-order valence-corrected chi connectivity index (χ4v) is 3.09. The van der Waals surface area contributed by atoms with Gasteiger partial charge in [0, 0.05) is 35.4 Å². The summed E-state index contributed by atoms with van der Waals surface area (Å²) in [5, 5.41) is 1.17. The van der Waals surface area contributed by atoms with Crippen LogP contribution in [0.4, 0.5) is 11.4 Å². The van der Waals surface area contributed by atoms with E-state index in [-0.39, 0.29) is 0 Å². The van der Waals surface area contributed by atoms with Gasteiger partial charge in [-0.1, -0.05) is 36.4 Å². The van der Waals surface area contributed by atoms with E-state index >= 15 is 0 Å². The number of nitrogens with two attached hydrogens (primary N) is 1. The van der Waals surface area contributed by atoms with E-state index in [4.69, 9.17) is 15.5 Å².